The quantitative estimate of drug-likeness (QED) is 0.629. The molecule has 8 nitrogen and oxygen atoms in total. The van der Waals surface area contributed by atoms with Gasteiger partial charge in [-0.15, -0.1) is 0 Å². The van der Waals surface area contributed by atoms with Crippen LogP contribution in [0.1, 0.15) is 16.2 Å². The molecule has 0 bridgehead atoms. The number of ether oxygens (including phenoxy) is 3. The summed E-state index contributed by atoms with van der Waals surface area (Å²) in [7, 11) is 4.54. The SMILES string of the molecule is COc1cc(NC(=O)c2cc(C)nc(Nc3ccccc3)n2)cc(OC)c1OC. The highest BCUT2D eigenvalue weighted by Crippen LogP contribution is 2.40. The van der Waals surface area contributed by atoms with Crippen LogP contribution in [0.25, 0.3) is 0 Å². The molecule has 0 unspecified atom stereocenters. The second-order valence-electron chi connectivity index (χ2n) is 6.08. The summed E-state index contributed by atoms with van der Waals surface area (Å²) in [5.41, 5.74) is 2.20. The first-order valence-corrected chi connectivity index (χ1v) is 8.83. The van der Waals surface area contributed by atoms with Crippen molar-refractivity contribution in [2.24, 2.45) is 0 Å². The zero-order valence-electron chi connectivity index (χ0n) is 16.6. The topological polar surface area (TPSA) is 94.6 Å². The lowest BCUT2D eigenvalue weighted by atomic mass is 10.2. The van der Waals surface area contributed by atoms with Gasteiger partial charge < -0.3 is 24.8 Å². The van der Waals surface area contributed by atoms with Gasteiger partial charge in [0.15, 0.2) is 11.5 Å². The van der Waals surface area contributed by atoms with Gasteiger partial charge in [0, 0.05) is 29.2 Å². The Morgan fingerprint density at radius 3 is 2.10 bits per heavy atom. The molecular formula is C21H22N4O4. The Kier molecular flexibility index (Phi) is 6.13. The van der Waals surface area contributed by atoms with E-state index in [1.807, 2.05) is 30.3 Å². The molecule has 3 rings (SSSR count). The van der Waals surface area contributed by atoms with Gasteiger partial charge in [0.05, 0.1) is 21.3 Å². The molecule has 0 fully saturated rings. The van der Waals surface area contributed by atoms with E-state index in [1.54, 1.807) is 25.1 Å². The molecule has 0 aliphatic carbocycles. The average molecular weight is 394 g/mol. The summed E-state index contributed by atoms with van der Waals surface area (Å²) >= 11 is 0. The van der Waals surface area contributed by atoms with Crippen molar-refractivity contribution < 1.29 is 19.0 Å². The summed E-state index contributed by atoms with van der Waals surface area (Å²) in [5, 5.41) is 5.90. The number of benzene rings is 2. The lowest BCUT2D eigenvalue weighted by Crippen LogP contribution is -2.15. The number of carbonyl (C=O) groups is 1. The summed E-state index contributed by atoms with van der Waals surface area (Å²) in [6.45, 7) is 1.80. The summed E-state index contributed by atoms with van der Waals surface area (Å²) in [5.74, 6) is 1.27. The molecule has 0 radical (unpaired) electrons. The van der Waals surface area contributed by atoms with Crippen LogP contribution >= 0.6 is 0 Å². The van der Waals surface area contributed by atoms with Gasteiger partial charge in [0.1, 0.15) is 5.69 Å². The summed E-state index contributed by atoms with van der Waals surface area (Å²) < 4.78 is 15.9. The van der Waals surface area contributed by atoms with Crippen LogP contribution in [0.2, 0.25) is 0 Å². The van der Waals surface area contributed by atoms with E-state index in [9.17, 15) is 4.79 Å². The number of carbonyl (C=O) groups excluding carboxylic acids is 1. The highest BCUT2D eigenvalue weighted by atomic mass is 16.5. The van der Waals surface area contributed by atoms with Gasteiger partial charge in [-0.3, -0.25) is 4.79 Å². The molecule has 0 aliphatic rings. The number of methoxy groups -OCH3 is 3. The van der Waals surface area contributed by atoms with Gasteiger partial charge in [-0.05, 0) is 25.1 Å². The van der Waals surface area contributed by atoms with Crippen molar-refractivity contribution in [3.8, 4) is 17.2 Å². The van der Waals surface area contributed by atoms with Crippen LogP contribution in [-0.2, 0) is 0 Å². The van der Waals surface area contributed by atoms with E-state index in [0.29, 0.717) is 34.6 Å². The van der Waals surface area contributed by atoms with Crippen LogP contribution in [0, 0.1) is 6.92 Å². The largest absolute Gasteiger partial charge is 0.493 e. The van der Waals surface area contributed by atoms with Gasteiger partial charge in [-0.1, -0.05) is 18.2 Å². The highest BCUT2D eigenvalue weighted by Gasteiger charge is 2.16. The average Bonchev–Trinajstić information content (AvgIpc) is 2.73. The third-order valence-electron chi connectivity index (χ3n) is 4.04. The molecule has 0 saturated carbocycles. The number of para-hydroxylation sites is 1. The number of aromatic nitrogens is 2. The lowest BCUT2D eigenvalue weighted by Gasteiger charge is -2.14. The van der Waals surface area contributed by atoms with Gasteiger partial charge >= 0.3 is 0 Å². The first kappa shape index (κ1) is 19.9. The van der Waals surface area contributed by atoms with E-state index < -0.39 is 0 Å². The van der Waals surface area contributed by atoms with Crippen molar-refractivity contribution in [1.82, 2.24) is 9.97 Å². The lowest BCUT2D eigenvalue weighted by molar-refractivity contribution is 0.102. The van der Waals surface area contributed by atoms with E-state index in [2.05, 4.69) is 20.6 Å². The second-order valence-corrected chi connectivity index (χ2v) is 6.08. The Labute approximate surface area is 168 Å². The fourth-order valence-electron chi connectivity index (χ4n) is 2.74. The molecule has 0 saturated heterocycles. The van der Waals surface area contributed by atoms with Gasteiger partial charge in [-0.2, -0.15) is 0 Å². The molecule has 2 aromatic carbocycles. The fraction of sp³-hybridized carbons (Fsp3) is 0.190. The highest BCUT2D eigenvalue weighted by molar-refractivity contribution is 6.03. The Bertz CT molecular complexity index is 984. The van der Waals surface area contributed by atoms with E-state index in [4.69, 9.17) is 14.2 Å². The third-order valence-corrected chi connectivity index (χ3v) is 4.04. The fourth-order valence-corrected chi connectivity index (χ4v) is 2.74. The molecule has 0 atom stereocenters. The Morgan fingerprint density at radius 1 is 0.862 bits per heavy atom. The molecule has 150 valence electrons. The predicted octanol–water partition coefficient (Wildman–Crippen LogP) is 3.81. The van der Waals surface area contributed by atoms with E-state index >= 15 is 0 Å². The number of aryl methyl sites for hydroxylation is 1. The van der Waals surface area contributed by atoms with Crippen LogP contribution in [-0.4, -0.2) is 37.2 Å². The van der Waals surface area contributed by atoms with Crippen LogP contribution in [0.15, 0.2) is 48.5 Å². The zero-order valence-corrected chi connectivity index (χ0v) is 16.6. The Hall–Kier alpha value is -3.81. The van der Waals surface area contributed by atoms with Gasteiger partial charge in [-0.25, -0.2) is 9.97 Å². The smallest absolute Gasteiger partial charge is 0.274 e. The molecule has 0 spiro atoms. The maximum Gasteiger partial charge on any atom is 0.274 e. The van der Waals surface area contributed by atoms with Crippen molar-refractivity contribution in [3.63, 3.8) is 0 Å². The minimum absolute atomic E-state index is 0.227. The molecule has 1 heterocycles. The molecule has 1 amide bonds. The number of rotatable bonds is 7. The van der Waals surface area contributed by atoms with Crippen molar-refractivity contribution in [2.45, 2.75) is 6.92 Å². The minimum atomic E-state index is -0.388. The monoisotopic (exact) mass is 394 g/mol. The summed E-state index contributed by atoms with van der Waals surface area (Å²) in [6, 6.07) is 14.4. The predicted molar refractivity (Wildman–Crippen MR) is 111 cm³/mol. The standard InChI is InChI=1S/C21H22N4O4/c1-13-10-16(25-21(22-13)24-14-8-6-5-7-9-14)20(26)23-15-11-17(27-2)19(29-4)18(12-15)28-3/h5-12H,1-4H3,(H,23,26)(H,22,24,25). The molecule has 2 N–H and O–H groups in total. The summed E-state index contributed by atoms with van der Waals surface area (Å²) in [4.78, 5) is 21.4. The van der Waals surface area contributed by atoms with Crippen LogP contribution in [0.5, 0.6) is 17.2 Å². The number of amides is 1. The number of hydrogen-bond donors (Lipinski definition) is 2. The first-order chi connectivity index (χ1) is 14.0. The number of hydrogen-bond acceptors (Lipinski definition) is 7. The molecule has 1 aromatic heterocycles. The molecular weight excluding hydrogens is 372 g/mol. The normalized spacial score (nSPS) is 10.2. The first-order valence-electron chi connectivity index (χ1n) is 8.83. The maximum atomic E-state index is 12.8. The molecule has 8 heteroatoms. The Balaban J connectivity index is 1.86. The van der Waals surface area contributed by atoms with Gasteiger partial charge in [0.25, 0.3) is 5.91 Å². The van der Waals surface area contributed by atoms with Crippen LogP contribution < -0.4 is 24.8 Å². The van der Waals surface area contributed by atoms with E-state index in [0.717, 1.165) is 5.69 Å². The Morgan fingerprint density at radius 2 is 1.52 bits per heavy atom. The number of nitrogens with one attached hydrogen (secondary N) is 2. The van der Waals surface area contributed by atoms with Crippen molar-refractivity contribution in [1.29, 1.82) is 0 Å². The number of nitrogens with zero attached hydrogens (tertiary/aromatic N) is 2. The zero-order chi connectivity index (χ0) is 20.8. The van der Waals surface area contributed by atoms with E-state index in [-0.39, 0.29) is 11.6 Å². The minimum Gasteiger partial charge on any atom is -0.493 e. The van der Waals surface area contributed by atoms with Gasteiger partial charge in [0.2, 0.25) is 11.7 Å². The van der Waals surface area contributed by atoms with Crippen LogP contribution in [0.4, 0.5) is 17.3 Å². The van der Waals surface area contributed by atoms with Crippen LogP contribution in [0.3, 0.4) is 0 Å². The second kappa shape index (κ2) is 8.92. The number of anilines is 3. The van der Waals surface area contributed by atoms with E-state index in [1.165, 1.54) is 21.3 Å². The summed E-state index contributed by atoms with van der Waals surface area (Å²) in [6.07, 6.45) is 0. The maximum absolute atomic E-state index is 12.8. The van der Waals surface area contributed by atoms with Crippen molar-refractivity contribution in [2.75, 3.05) is 32.0 Å². The van der Waals surface area contributed by atoms with Crippen molar-refractivity contribution >= 4 is 23.2 Å². The molecule has 3 aromatic rings. The molecule has 29 heavy (non-hydrogen) atoms. The molecule has 0 aliphatic heterocycles. The van der Waals surface area contributed by atoms with Crippen molar-refractivity contribution in [3.05, 3.63) is 59.9 Å². The third kappa shape index (κ3) is 4.73.